The van der Waals surface area contributed by atoms with Crippen molar-refractivity contribution in [1.82, 2.24) is 4.90 Å². The summed E-state index contributed by atoms with van der Waals surface area (Å²) in [5.41, 5.74) is -1.47. The van der Waals surface area contributed by atoms with E-state index < -0.39 is 93.3 Å². The Morgan fingerprint density at radius 2 is 2.21 bits per heavy atom. The van der Waals surface area contributed by atoms with Crippen LogP contribution in [0.4, 0.5) is 5.69 Å². The van der Waals surface area contributed by atoms with E-state index in [1.54, 1.807) is 0 Å². The lowest BCUT2D eigenvalue weighted by Gasteiger charge is -2.21. The van der Waals surface area contributed by atoms with Gasteiger partial charge in [-0.3, -0.25) is 4.79 Å². The number of rotatable bonds is 7. The molecule has 1 aromatic rings. The van der Waals surface area contributed by atoms with Crippen molar-refractivity contribution in [3.05, 3.63) is 29.3 Å². The van der Waals surface area contributed by atoms with Gasteiger partial charge in [-0.15, -0.1) is 0 Å². The number of hydrogen-bond acceptors (Lipinski definition) is 2. The van der Waals surface area contributed by atoms with Crippen molar-refractivity contribution in [3.8, 4) is 0 Å². The molecule has 2 rings (SSSR count). The van der Waals surface area contributed by atoms with Crippen LogP contribution < -0.4 is 5.32 Å². The molecule has 1 aliphatic rings. The number of hydrogen-bond donors (Lipinski definition) is 1. The molecule has 1 aliphatic heterocycles. The highest BCUT2D eigenvalue weighted by Gasteiger charge is 2.20. The number of carbonyl (C=O) groups is 1. The number of nitrogens with one attached hydrogen (secondary N) is 1. The summed E-state index contributed by atoms with van der Waals surface area (Å²) in [4.78, 5) is 11.5. The lowest BCUT2D eigenvalue weighted by Crippen LogP contribution is -2.28. The van der Waals surface area contributed by atoms with Crippen LogP contribution in [0.3, 0.4) is 0 Å². The van der Waals surface area contributed by atoms with E-state index in [2.05, 4.69) is 5.32 Å². The molecule has 0 spiro atoms. The molecule has 3 nitrogen and oxygen atoms in total. The summed E-state index contributed by atoms with van der Waals surface area (Å²) in [7, 11) is 0. The minimum absolute atomic E-state index is 0.315. The fraction of sp³-hybridized carbons (Fsp3) is 0.562. The molecular weight excluding hydrogens is 236 g/mol. The van der Waals surface area contributed by atoms with Crippen LogP contribution >= 0.6 is 0 Å². The number of benzene rings is 1. The Hall–Kier alpha value is -1.35. The Bertz CT molecular complexity index is 1080. The Kier molecular flexibility index (Phi) is 1.22. The maximum atomic E-state index is 12.0. The van der Waals surface area contributed by atoms with Crippen molar-refractivity contribution >= 4 is 11.6 Å². The lowest BCUT2D eigenvalue weighted by atomic mass is 10.0. The van der Waals surface area contributed by atoms with Crippen molar-refractivity contribution < 1.29 is 30.8 Å². The lowest BCUT2D eigenvalue weighted by molar-refractivity contribution is -0.115. The van der Waals surface area contributed by atoms with Crippen LogP contribution in [0.15, 0.2) is 18.1 Å². The highest BCUT2D eigenvalue weighted by Crippen LogP contribution is 2.26. The highest BCUT2D eigenvalue weighted by molar-refractivity contribution is 5.99. The second-order valence-corrected chi connectivity index (χ2v) is 3.57. The molecule has 0 unspecified atom stereocenters. The Balaban J connectivity index is 2.89. The molecule has 0 aromatic heterocycles. The number of fused-ring (bicyclic) bond motifs is 1. The van der Waals surface area contributed by atoms with E-state index in [-0.39, 0.29) is 11.3 Å². The van der Waals surface area contributed by atoms with Gasteiger partial charge in [0.15, 0.2) is 0 Å². The van der Waals surface area contributed by atoms with Gasteiger partial charge >= 0.3 is 0 Å². The van der Waals surface area contributed by atoms with E-state index in [1.165, 1.54) is 0 Å². The average Bonchev–Trinajstić information content (AvgIpc) is 3.09. The quantitative estimate of drug-likeness (QED) is 0.832. The molecule has 0 atom stereocenters. The summed E-state index contributed by atoms with van der Waals surface area (Å²) in [6, 6.07) is -2.48. The number of anilines is 1. The van der Waals surface area contributed by atoms with Crippen molar-refractivity contribution in [2.24, 2.45) is 0 Å². The van der Waals surface area contributed by atoms with E-state index in [0.29, 0.717) is 0 Å². The first kappa shape index (κ1) is 3.45. The molecule has 1 amide bonds. The first-order valence-corrected chi connectivity index (χ1v) is 5.28. The SMILES string of the molecule is [2H]c1c([2H])c2c(c(C([2H])([2H])CN(C([2H])([2H])C([2H])([2H])C([2H])([2H])[2H])C([2H])([2H])C([2H])([2H])C([2H])([2H])[2H])c1[2H])CC(=O)N2. The summed E-state index contributed by atoms with van der Waals surface area (Å²) >= 11 is 0. The molecule has 0 saturated heterocycles. The molecule has 0 aliphatic carbocycles. The Morgan fingerprint density at radius 1 is 1.42 bits per heavy atom. The van der Waals surface area contributed by atoms with Gasteiger partial charge in [0.1, 0.15) is 0 Å². The smallest absolute Gasteiger partial charge is 0.228 e. The zero-order chi connectivity index (χ0) is 30.2. The zero-order valence-corrected chi connectivity index (χ0v) is 9.77. The second-order valence-electron chi connectivity index (χ2n) is 3.57. The van der Waals surface area contributed by atoms with Crippen LogP contribution in [0.2, 0.25) is 0 Å². The largest absolute Gasteiger partial charge is 0.326 e. The van der Waals surface area contributed by atoms with Crippen molar-refractivity contribution in [2.75, 3.05) is 24.9 Å². The predicted molar refractivity (Wildman–Crippen MR) is 79.5 cm³/mol. The van der Waals surface area contributed by atoms with Gasteiger partial charge in [0.25, 0.3) is 0 Å². The van der Waals surface area contributed by atoms with E-state index in [1.807, 2.05) is 0 Å². The van der Waals surface area contributed by atoms with Crippen LogP contribution in [0.5, 0.6) is 0 Å². The number of amides is 1. The summed E-state index contributed by atoms with van der Waals surface area (Å²) in [5, 5.41) is 2.22. The standard InChI is InChI=1S/C16H24N2O/c1-3-9-18(10-4-2)11-8-13-6-5-7-15-14(13)12-16(19)17-15/h5-7H,3-4,8-12H2,1-2H3,(H,17,19)/i1D3,2D3,3D2,4D2,5D,6D,7D,8D2,9D2,10D2. The Labute approximate surface area is 142 Å². The summed E-state index contributed by atoms with van der Waals surface area (Å²) in [6.45, 7) is -17.6. The van der Waals surface area contributed by atoms with E-state index >= 15 is 0 Å². The van der Waals surface area contributed by atoms with Crippen LogP contribution in [0, 0.1) is 0 Å². The number of nitrogens with zero attached hydrogens (tertiary/aromatic N) is 1. The minimum atomic E-state index is -4.10. The van der Waals surface area contributed by atoms with Gasteiger partial charge < -0.3 is 10.2 Å². The summed E-state index contributed by atoms with van der Waals surface area (Å²) in [6.07, 6.45) is -11.9. The van der Waals surface area contributed by atoms with Gasteiger partial charge in [0, 0.05) is 34.2 Å². The summed E-state index contributed by atoms with van der Waals surface area (Å²) < 4.78 is 150. The molecule has 3 heteroatoms. The Morgan fingerprint density at radius 3 is 2.95 bits per heavy atom. The predicted octanol–water partition coefficient (Wildman–Crippen LogP) is 2.85. The van der Waals surface area contributed by atoms with E-state index in [4.69, 9.17) is 26.0 Å². The third-order valence-corrected chi connectivity index (χ3v) is 2.38. The third kappa shape index (κ3) is 3.57. The molecule has 0 saturated carbocycles. The molecule has 104 valence electrons. The molecule has 0 bridgehead atoms. The van der Waals surface area contributed by atoms with Crippen LogP contribution in [0.1, 0.15) is 63.6 Å². The van der Waals surface area contributed by atoms with Gasteiger partial charge in [-0.05, 0) is 49.3 Å². The fourth-order valence-electron chi connectivity index (χ4n) is 1.61. The number of carbonyl (C=O) groups excluding carboxylic acids is 1. The van der Waals surface area contributed by atoms with Crippen LogP contribution in [-0.4, -0.2) is 30.3 Å². The fourth-order valence-corrected chi connectivity index (χ4v) is 1.61. The molecule has 0 radical (unpaired) electrons. The molecule has 1 aromatic carbocycles. The van der Waals surface area contributed by atoms with E-state index in [0.717, 1.165) is 0 Å². The van der Waals surface area contributed by atoms with E-state index in [9.17, 15) is 4.79 Å². The topological polar surface area (TPSA) is 32.3 Å². The normalized spacial score (nSPS) is 33.5. The molecule has 0 fully saturated rings. The van der Waals surface area contributed by atoms with Gasteiger partial charge in [-0.25, -0.2) is 0 Å². The van der Waals surface area contributed by atoms with Crippen molar-refractivity contribution in [2.45, 2.75) is 39.2 Å². The monoisotopic (exact) mass is 279 g/mol. The first-order chi connectivity index (χ1) is 16.6. The third-order valence-electron chi connectivity index (χ3n) is 2.38. The summed E-state index contributed by atoms with van der Waals surface area (Å²) in [5.74, 6) is -0.754. The average molecular weight is 279 g/mol. The van der Waals surface area contributed by atoms with Gasteiger partial charge in [-0.1, -0.05) is 25.8 Å². The van der Waals surface area contributed by atoms with Gasteiger partial charge in [0.05, 0.1) is 10.5 Å². The van der Waals surface area contributed by atoms with Crippen molar-refractivity contribution in [1.29, 1.82) is 0 Å². The molecular formula is C16H24N2O. The molecule has 1 heterocycles. The maximum absolute atomic E-state index is 12.0. The zero-order valence-electron chi connectivity index (χ0n) is 28.8. The van der Waals surface area contributed by atoms with Crippen LogP contribution in [0.25, 0.3) is 0 Å². The second kappa shape index (κ2) is 6.71. The molecule has 1 N–H and O–H groups in total. The molecule has 19 heavy (non-hydrogen) atoms. The minimum Gasteiger partial charge on any atom is -0.326 e. The highest BCUT2D eigenvalue weighted by atomic mass is 16.1. The maximum Gasteiger partial charge on any atom is 0.228 e. The first-order valence-electron chi connectivity index (χ1n) is 14.8. The van der Waals surface area contributed by atoms with Crippen molar-refractivity contribution in [3.63, 3.8) is 0 Å². The van der Waals surface area contributed by atoms with Gasteiger partial charge in [-0.2, -0.15) is 0 Å². The van der Waals surface area contributed by atoms with Gasteiger partial charge in [0.2, 0.25) is 5.91 Å². The van der Waals surface area contributed by atoms with Crippen LogP contribution in [-0.2, 0) is 17.6 Å².